The maximum Gasteiger partial charge on any atom is 0.256 e. The maximum atomic E-state index is 12.1. The molecule has 16 heavy (non-hydrogen) atoms. The van der Waals surface area contributed by atoms with Crippen LogP contribution in [-0.4, -0.2) is 30.9 Å². The maximum absolute atomic E-state index is 12.1. The Kier molecular flexibility index (Phi) is 4.76. The lowest BCUT2D eigenvalue weighted by molar-refractivity contribution is 0.413. The third-order valence-corrected chi connectivity index (χ3v) is 5.71. The molecule has 1 rings (SSSR count). The Morgan fingerprint density at radius 1 is 1.44 bits per heavy atom. The summed E-state index contributed by atoms with van der Waals surface area (Å²) in [5.74, 6) is -0.153. The van der Waals surface area contributed by atoms with Crippen LogP contribution in [0.1, 0.15) is 26.7 Å². The molecule has 0 aliphatic rings. The number of aromatic hydroxyl groups is 1. The quantitative estimate of drug-likeness (QED) is 0.856. The molecule has 0 aliphatic heterocycles. The number of nitrogens with zero attached hydrogens (tertiary/aromatic N) is 1. The zero-order valence-electron chi connectivity index (χ0n) is 9.51. The lowest BCUT2D eigenvalue weighted by atomic mass is 10.3. The fourth-order valence-corrected chi connectivity index (χ4v) is 4.14. The van der Waals surface area contributed by atoms with Crippen molar-refractivity contribution < 1.29 is 13.5 Å². The number of thiophene rings is 1. The van der Waals surface area contributed by atoms with Crippen molar-refractivity contribution in [3.05, 3.63) is 11.4 Å². The minimum Gasteiger partial charge on any atom is -0.506 e. The highest BCUT2D eigenvalue weighted by atomic mass is 32.2. The van der Waals surface area contributed by atoms with E-state index in [2.05, 4.69) is 0 Å². The molecule has 92 valence electrons. The lowest BCUT2D eigenvalue weighted by Gasteiger charge is -2.19. The molecule has 6 heteroatoms. The minimum atomic E-state index is -3.51. The number of unbranched alkanes of at least 4 members (excludes halogenated alkanes) is 1. The van der Waals surface area contributed by atoms with E-state index in [1.807, 2.05) is 6.92 Å². The molecule has 1 heterocycles. The van der Waals surface area contributed by atoms with Crippen molar-refractivity contribution in [3.63, 3.8) is 0 Å². The summed E-state index contributed by atoms with van der Waals surface area (Å²) in [6, 6.07) is 1.41. The average Bonchev–Trinajstić information content (AvgIpc) is 2.66. The molecule has 0 spiro atoms. The molecule has 1 aromatic rings. The third kappa shape index (κ3) is 2.75. The SMILES string of the molecule is CCCCN(CC)S(=O)(=O)c1sccc1O. The van der Waals surface area contributed by atoms with Gasteiger partial charge in [-0.2, -0.15) is 4.31 Å². The molecule has 0 atom stereocenters. The van der Waals surface area contributed by atoms with Gasteiger partial charge in [-0.25, -0.2) is 8.42 Å². The number of rotatable bonds is 6. The molecule has 4 nitrogen and oxygen atoms in total. The standard InChI is InChI=1S/C10H17NO3S2/c1-3-5-7-11(4-2)16(13,14)10-9(12)6-8-15-10/h6,8,12H,3-5,7H2,1-2H3. The Morgan fingerprint density at radius 3 is 2.56 bits per heavy atom. The van der Waals surface area contributed by atoms with Crippen LogP contribution in [0.15, 0.2) is 15.7 Å². The predicted molar refractivity (Wildman–Crippen MR) is 65.3 cm³/mol. The highest BCUT2D eigenvalue weighted by Crippen LogP contribution is 2.31. The van der Waals surface area contributed by atoms with Crippen LogP contribution < -0.4 is 0 Å². The van der Waals surface area contributed by atoms with Gasteiger partial charge in [0.25, 0.3) is 10.0 Å². The summed E-state index contributed by atoms with van der Waals surface area (Å²) < 4.78 is 25.7. The minimum absolute atomic E-state index is 0.0467. The summed E-state index contributed by atoms with van der Waals surface area (Å²) in [5, 5.41) is 11.0. The van der Waals surface area contributed by atoms with Gasteiger partial charge in [0, 0.05) is 13.1 Å². The van der Waals surface area contributed by atoms with Crippen molar-refractivity contribution in [3.8, 4) is 5.75 Å². The van der Waals surface area contributed by atoms with Crippen molar-refractivity contribution >= 4 is 21.4 Å². The van der Waals surface area contributed by atoms with Gasteiger partial charge in [-0.15, -0.1) is 11.3 Å². The normalized spacial score (nSPS) is 12.2. The monoisotopic (exact) mass is 263 g/mol. The van der Waals surface area contributed by atoms with Crippen LogP contribution in [0.4, 0.5) is 0 Å². The van der Waals surface area contributed by atoms with Gasteiger partial charge < -0.3 is 5.11 Å². The van der Waals surface area contributed by atoms with Crippen molar-refractivity contribution in [2.24, 2.45) is 0 Å². The zero-order valence-corrected chi connectivity index (χ0v) is 11.1. The van der Waals surface area contributed by atoms with Crippen LogP contribution in [0, 0.1) is 0 Å². The molecule has 0 bridgehead atoms. The van der Waals surface area contributed by atoms with Gasteiger partial charge in [-0.3, -0.25) is 0 Å². The summed E-state index contributed by atoms with van der Waals surface area (Å²) in [4.78, 5) is 0. The third-order valence-electron chi connectivity index (χ3n) is 2.30. The first-order valence-electron chi connectivity index (χ1n) is 5.30. The Bertz CT molecular complexity index is 425. The largest absolute Gasteiger partial charge is 0.506 e. The van der Waals surface area contributed by atoms with E-state index in [1.165, 1.54) is 10.4 Å². The van der Waals surface area contributed by atoms with Gasteiger partial charge in [0.05, 0.1) is 0 Å². The molecule has 0 unspecified atom stereocenters. The summed E-state index contributed by atoms with van der Waals surface area (Å²) in [6.45, 7) is 4.76. The van der Waals surface area contributed by atoms with Crippen LogP contribution in [-0.2, 0) is 10.0 Å². The second-order valence-electron chi connectivity index (χ2n) is 3.44. The molecule has 0 aromatic carbocycles. The summed E-state index contributed by atoms with van der Waals surface area (Å²) in [7, 11) is -3.51. The van der Waals surface area contributed by atoms with E-state index in [0.717, 1.165) is 24.2 Å². The summed E-state index contributed by atoms with van der Waals surface area (Å²) in [6.07, 6.45) is 1.78. The van der Waals surface area contributed by atoms with Crippen molar-refractivity contribution in [1.29, 1.82) is 0 Å². The van der Waals surface area contributed by atoms with Crippen molar-refractivity contribution in [1.82, 2.24) is 4.31 Å². The molecule has 0 aliphatic carbocycles. The molecular weight excluding hydrogens is 246 g/mol. The lowest BCUT2D eigenvalue weighted by Crippen LogP contribution is -2.31. The smallest absolute Gasteiger partial charge is 0.256 e. The Balaban J connectivity index is 2.95. The van der Waals surface area contributed by atoms with E-state index < -0.39 is 10.0 Å². The van der Waals surface area contributed by atoms with Crippen LogP contribution in [0.2, 0.25) is 0 Å². The average molecular weight is 263 g/mol. The Hall–Kier alpha value is -0.590. The van der Waals surface area contributed by atoms with E-state index in [-0.39, 0.29) is 9.96 Å². The summed E-state index contributed by atoms with van der Waals surface area (Å²) in [5.41, 5.74) is 0. The molecule has 0 fully saturated rings. The first-order chi connectivity index (χ1) is 7.54. The molecule has 1 aromatic heterocycles. The summed E-state index contributed by atoms with van der Waals surface area (Å²) >= 11 is 1.05. The van der Waals surface area contributed by atoms with Crippen molar-refractivity contribution in [2.75, 3.05) is 13.1 Å². The Morgan fingerprint density at radius 2 is 2.12 bits per heavy atom. The molecule has 0 saturated heterocycles. The molecular formula is C10H17NO3S2. The fraction of sp³-hybridized carbons (Fsp3) is 0.600. The van der Waals surface area contributed by atoms with Crippen LogP contribution in [0.5, 0.6) is 5.75 Å². The van der Waals surface area contributed by atoms with Gasteiger partial charge in [-0.05, 0) is 17.9 Å². The van der Waals surface area contributed by atoms with Gasteiger partial charge in [0.2, 0.25) is 0 Å². The predicted octanol–water partition coefficient (Wildman–Crippen LogP) is 2.26. The first-order valence-corrected chi connectivity index (χ1v) is 7.62. The van der Waals surface area contributed by atoms with Gasteiger partial charge in [-0.1, -0.05) is 20.3 Å². The zero-order chi connectivity index (χ0) is 12.2. The van der Waals surface area contributed by atoms with E-state index in [0.29, 0.717) is 13.1 Å². The van der Waals surface area contributed by atoms with Crippen LogP contribution >= 0.6 is 11.3 Å². The fourth-order valence-electron chi connectivity index (χ4n) is 1.38. The molecule has 0 saturated carbocycles. The topological polar surface area (TPSA) is 57.6 Å². The van der Waals surface area contributed by atoms with E-state index >= 15 is 0 Å². The Labute approximate surface area is 101 Å². The number of hydrogen-bond acceptors (Lipinski definition) is 4. The van der Waals surface area contributed by atoms with Gasteiger partial charge in [0.15, 0.2) is 4.21 Å². The molecule has 1 N–H and O–H groups in total. The highest BCUT2D eigenvalue weighted by molar-refractivity contribution is 7.91. The van der Waals surface area contributed by atoms with Gasteiger partial charge >= 0.3 is 0 Å². The van der Waals surface area contributed by atoms with Crippen LogP contribution in [0.3, 0.4) is 0 Å². The van der Waals surface area contributed by atoms with E-state index in [4.69, 9.17) is 0 Å². The molecule has 0 radical (unpaired) electrons. The number of hydrogen-bond donors (Lipinski definition) is 1. The number of sulfonamides is 1. The van der Waals surface area contributed by atoms with Crippen molar-refractivity contribution in [2.45, 2.75) is 30.9 Å². The second-order valence-corrected chi connectivity index (χ2v) is 6.49. The van der Waals surface area contributed by atoms with E-state index in [9.17, 15) is 13.5 Å². The highest BCUT2D eigenvalue weighted by Gasteiger charge is 2.26. The van der Waals surface area contributed by atoms with Gasteiger partial charge in [0.1, 0.15) is 5.75 Å². The van der Waals surface area contributed by atoms with Crippen LogP contribution in [0.25, 0.3) is 0 Å². The first kappa shape index (κ1) is 13.5. The second kappa shape index (κ2) is 5.65. The molecule has 0 amide bonds. The van der Waals surface area contributed by atoms with E-state index in [1.54, 1.807) is 12.3 Å².